The molecule has 8 heteroatoms. The van der Waals surface area contributed by atoms with Gasteiger partial charge in [-0.3, -0.25) is 9.59 Å². The summed E-state index contributed by atoms with van der Waals surface area (Å²) in [6.45, 7) is 1.38. The molecule has 2 aliphatic rings. The first-order valence-electron chi connectivity index (χ1n) is 9.09. The van der Waals surface area contributed by atoms with Gasteiger partial charge in [-0.15, -0.1) is 0 Å². The van der Waals surface area contributed by atoms with E-state index in [9.17, 15) is 19.8 Å². The van der Waals surface area contributed by atoms with Gasteiger partial charge >= 0.3 is 0 Å². The molecule has 1 saturated heterocycles. The molecular weight excluding hydrogens is 326 g/mol. The lowest BCUT2D eigenvalue weighted by Gasteiger charge is -2.17. The first-order valence-corrected chi connectivity index (χ1v) is 9.09. The van der Waals surface area contributed by atoms with Crippen molar-refractivity contribution < 1.29 is 24.5 Å². The second kappa shape index (κ2) is 9.47. The highest BCUT2D eigenvalue weighted by Gasteiger charge is 2.43. The molecule has 25 heavy (non-hydrogen) atoms. The quantitative estimate of drug-likeness (QED) is 0.437. The van der Waals surface area contributed by atoms with E-state index in [1.54, 1.807) is 0 Å². The summed E-state index contributed by atoms with van der Waals surface area (Å²) < 4.78 is 5.61. The Morgan fingerprint density at radius 2 is 1.72 bits per heavy atom. The number of aliphatic hydroxyl groups is 2. The molecule has 0 aromatic carbocycles. The van der Waals surface area contributed by atoms with Crippen LogP contribution in [0.15, 0.2) is 0 Å². The highest BCUT2D eigenvalue weighted by Crippen LogP contribution is 2.26. The van der Waals surface area contributed by atoms with Crippen LogP contribution < -0.4 is 10.6 Å². The van der Waals surface area contributed by atoms with Gasteiger partial charge in [-0.25, -0.2) is 0 Å². The van der Waals surface area contributed by atoms with Crippen molar-refractivity contribution >= 4 is 11.8 Å². The standard InChI is InChI=1S/C17H31N3O5/c1-20(2)8-7-18-14(21)9-12-15(22)16(23)13(25-12)10-19-17(24)11-5-3-4-6-11/h11-13,15-16,22-23H,3-10H2,1-2H3,(H,18,21)(H,19,24)/t12-,13+,15-,16+/m0/s1. The fraction of sp³-hybridized carbons (Fsp3) is 0.882. The van der Waals surface area contributed by atoms with Crippen LogP contribution in [0.1, 0.15) is 32.1 Å². The van der Waals surface area contributed by atoms with Gasteiger partial charge in [-0.2, -0.15) is 0 Å². The van der Waals surface area contributed by atoms with Crippen molar-refractivity contribution in [2.45, 2.75) is 56.5 Å². The Morgan fingerprint density at radius 1 is 1.08 bits per heavy atom. The van der Waals surface area contributed by atoms with E-state index in [2.05, 4.69) is 10.6 Å². The molecule has 0 radical (unpaired) electrons. The third-order valence-electron chi connectivity index (χ3n) is 4.93. The number of amides is 2. The third kappa shape index (κ3) is 5.91. The summed E-state index contributed by atoms with van der Waals surface area (Å²) in [5, 5.41) is 25.7. The van der Waals surface area contributed by atoms with Gasteiger partial charge in [0.25, 0.3) is 0 Å². The average molecular weight is 357 g/mol. The van der Waals surface area contributed by atoms with Gasteiger partial charge in [0.1, 0.15) is 18.3 Å². The maximum atomic E-state index is 12.0. The number of hydrogen-bond acceptors (Lipinski definition) is 6. The van der Waals surface area contributed by atoms with Crippen LogP contribution >= 0.6 is 0 Å². The summed E-state index contributed by atoms with van der Waals surface area (Å²) >= 11 is 0. The number of nitrogens with one attached hydrogen (secondary N) is 2. The highest BCUT2D eigenvalue weighted by molar-refractivity contribution is 5.79. The molecule has 0 spiro atoms. The van der Waals surface area contributed by atoms with Gasteiger partial charge in [-0.05, 0) is 26.9 Å². The molecule has 1 aliphatic carbocycles. The van der Waals surface area contributed by atoms with Crippen molar-refractivity contribution in [3.63, 3.8) is 0 Å². The van der Waals surface area contributed by atoms with Crippen LogP contribution in [0.2, 0.25) is 0 Å². The number of nitrogens with zero attached hydrogens (tertiary/aromatic N) is 1. The Kier molecular flexibility index (Phi) is 7.61. The number of ether oxygens (including phenoxy) is 1. The molecule has 4 N–H and O–H groups in total. The highest BCUT2D eigenvalue weighted by atomic mass is 16.5. The molecule has 8 nitrogen and oxygen atoms in total. The summed E-state index contributed by atoms with van der Waals surface area (Å²) in [5.74, 6) is -0.205. The molecule has 0 unspecified atom stereocenters. The Labute approximate surface area is 148 Å². The van der Waals surface area contributed by atoms with Crippen molar-refractivity contribution in [1.29, 1.82) is 0 Å². The summed E-state index contributed by atoms with van der Waals surface area (Å²) in [6, 6.07) is 0. The van der Waals surface area contributed by atoms with Gasteiger partial charge < -0.3 is 30.5 Å². The van der Waals surface area contributed by atoms with Gasteiger partial charge in [0.2, 0.25) is 11.8 Å². The van der Waals surface area contributed by atoms with E-state index >= 15 is 0 Å². The lowest BCUT2D eigenvalue weighted by molar-refractivity contribution is -0.127. The number of rotatable bonds is 8. The zero-order valence-electron chi connectivity index (χ0n) is 15.1. The van der Waals surface area contributed by atoms with Crippen LogP contribution in [0.5, 0.6) is 0 Å². The van der Waals surface area contributed by atoms with Crippen LogP contribution in [0, 0.1) is 5.92 Å². The van der Waals surface area contributed by atoms with Gasteiger partial charge in [0.05, 0.1) is 12.5 Å². The molecule has 1 aliphatic heterocycles. The van der Waals surface area contributed by atoms with E-state index in [0.717, 1.165) is 32.2 Å². The molecule has 1 saturated carbocycles. The molecule has 2 fully saturated rings. The Hall–Kier alpha value is -1.22. The molecule has 4 atom stereocenters. The minimum Gasteiger partial charge on any atom is -0.388 e. The average Bonchev–Trinajstić information content (AvgIpc) is 3.17. The Balaban J connectivity index is 1.73. The normalized spacial score (nSPS) is 30.0. The van der Waals surface area contributed by atoms with E-state index in [1.807, 2.05) is 19.0 Å². The molecule has 0 aromatic rings. The number of hydrogen-bond donors (Lipinski definition) is 4. The second-order valence-corrected chi connectivity index (χ2v) is 7.28. The lowest BCUT2D eigenvalue weighted by Crippen LogP contribution is -2.41. The largest absolute Gasteiger partial charge is 0.388 e. The minimum atomic E-state index is -1.13. The summed E-state index contributed by atoms with van der Waals surface area (Å²) in [5.41, 5.74) is 0. The molecule has 2 amide bonds. The molecule has 0 bridgehead atoms. The Bertz CT molecular complexity index is 454. The van der Waals surface area contributed by atoms with E-state index in [1.165, 1.54) is 0 Å². The van der Waals surface area contributed by atoms with Gasteiger partial charge in [0, 0.05) is 25.6 Å². The predicted molar refractivity (Wildman–Crippen MR) is 91.8 cm³/mol. The SMILES string of the molecule is CN(C)CCNC(=O)C[C@@H]1O[C@H](CNC(=O)C2CCCC2)[C@@H](O)[C@H]1O. The van der Waals surface area contributed by atoms with Gasteiger partial charge in [0.15, 0.2) is 0 Å². The smallest absolute Gasteiger partial charge is 0.223 e. The fourth-order valence-corrected chi connectivity index (χ4v) is 3.37. The van der Waals surface area contributed by atoms with Crippen molar-refractivity contribution in [3.05, 3.63) is 0 Å². The summed E-state index contributed by atoms with van der Waals surface area (Å²) in [6.07, 6.45) is 0.239. The molecule has 2 rings (SSSR count). The number of aliphatic hydroxyl groups excluding tert-OH is 2. The lowest BCUT2D eigenvalue weighted by atomic mass is 10.0. The maximum Gasteiger partial charge on any atom is 0.223 e. The molecule has 0 aromatic heterocycles. The fourth-order valence-electron chi connectivity index (χ4n) is 3.37. The van der Waals surface area contributed by atoms with Crippen LogP contribution in [-0.4, -0.2) is 85.1 Å². The van der Waals surface area contributed by atoms with E-state index < -0.39 is 24.4 Å². The van der Waals surface area contributed by atoms with Crippen molar-refractivity contribution in [2.24, 2.45) is 5.92 Å². The van der Waals surface area contributed by atoms with Crippen molar-refractivity contribution in [2.75, 3.05) is 33.7 Å². The topological polar surface area (TPSA) is 111 Å². The van der Waals surface area contributed by atoms with Crippen LogP contribution in [-0.2, 0) is 14.3 Å². The van der Waals surface area contributed by atoms with Crippen LogP contribution in [0.3, 0.4) is 0 Å². The third-order valence-corrected chi connectivity index (χ3v) is 4.93. The monoisotopic (exact) mass is 357 g/mol. The van der Waals surface area contributed by atoms with Crippen molar-refractivity contribution in [3.8, 4) is 0 Å². The van der Waals surface area contributed by atoms with E-state index in [-0.39, 0.29) is 30.7 Å². The van der Waals surface area contributed by atoms with Gasteiger partial charge in [-0.1, -0.05) is 12.8 Å². The molecule has 144 valence electrons. The first kappa shape index (κ1) is 20.1. The summed E-state index contributed by atoms with van der Waals surface area (Å²) in [7, 11) is 3.83. The molecule has 1 heterocycles. The number of likely N-dealkylation sites (N-methyl/N-ethyl adjacent to an activating group) is 1. The zero-order valence-corrected chi connectivity index (χ0v) is 15.1. The van der Waals surface area contributed by atoms with Crippen molar-refractivity contribution in [1.82, 2.24) is 15.5 Å². The molecular formula is C17H31N3O5. The predicted octanol–water partition coefficient (Wildman–Crippen LogP) is -1.15. The Morgan fingerprint density at radius 3 is 2.36 bits per heavy atom. The van der Waals surface area contributed by atoms with Crippen LogP contribution in [0.4, 0.5) is 0 Å². The second-order valence-electron chi connectivity index (χ2n) is 7.28. The maximum absolute atomic E-state index is 12.0. The van der Waals surface area contributed by atoms with E-state index in [0.29, 0.717) is 6.54 Å². The zero-order chi connectivity index (χ0) is 18.4. The van der Waals surface area contributed by atoms with E-state index in [4.69, 9.17) is 4.74 Å². The minimum absolute atomic E-state index is 0.0152. The number of carbonyl (C=O) groups excluding carboxylic acids is 2. The number of carbonyl (C=O) groups is 2. The first-order chi connectivity index (χ1) is 11.9. The summed E-state index contributed by atoms with van der Waals surface area (Å²) in [4.78, 5) is 25.9. The van der Waals surface area contributed by atoms with Crippen LogP contribution in [0.25, 0.3) is 0 Å².